The fourth-order valence-corrected chi connectivity index (χ4v) is 4.61. The van der Waals surface area contributed by atoms with E-state index in [1.165, 1.54) is 11.3 Å². The molecule has 0 saturated carbocycles. The van der Waals surface area contributed by atoms with Crippen molar-refractivity contribution in [2.45, 2.75) is 0 Å². The molecule has 0 unspecified atom stereocenters. The minimum Gasteiger partial charge on any atom is -0.396 e. The number of halogens is 1. The molecule has 0 spiro atoms. The highest BCUT2D eigenvalue weighted by Gasteiger charge is 2.23. The van der Waals surface area contributed by atoms with Crippen LogP contribution in [0.5, 0.6) is 0 Å². The lowest BCUT2D eigenvalue weighted by Gasteiger charge is -2.05. The highest BCUT2D eigenvalue weighted by Crippen LogP contribution is 2.39. The molecule has 0 aliphatic carbocycles. The number of nitrogens with zero attached hydrogens (tertiary/aromatic N) is 2. The van der Waals surface area contributed by atoms with Crippen molar-refractivity contribution in [1.29, 1.82) is 10.5 Å². The van der Waals surface area contributed by atoms with Crippen LogP contribution >= 0.6 is 38.6 Å². The average Bonchev–Trinajstić information content (AvgIpc) is 3.18. The smallest absolute Gasteiger partial charge is 0.215 e. The van der Waals surface area contributed by atoms with Gasteiger partial charge in [0, 0.05) is 0 Å². The monoisotopic (exact) mass is 428 g/mol. The lowest BCUT2D eigenvalue weighted by Crippen LogP contribution is -2.00. The Hall–Kier alpha value is -2.65. The summed E-state index contributed by atoms with van der Waals surface area (Å²) in [6.45, 7) is 0. The highest BCUT2D eigenvalue weighted by atomic mass is 79.9. The first-order valence-electron chi connectivity index (χ1n) is 6.93. The van der Waals surface area contributed by atoms with Crippen molar-refractivity contribution < 1.29 is 4.79 Å². The van der Waals surface area contributed by atoms with Crippen molar-refractivity contribution in [2.75, 3.05) is 11.1 Å². The van der Waals surface area contributed by atoms with Gasteiger partial charge in [-0.25, -0.2) is 0 Å². The molecule has 3 aromatic rings. The Bertz CT molecular complexity index is 1060. The first-order valence-corrected chi connectivity index (χ1v) is 9.36. The van der Waals surface area contributed by atoms with Crippen LogP contribution in [0, 0.1) is 22.7 Å². The lowest BCUT2D eigenvalue weighted by molar-refractivity contribution is 0.104. The second kappa shape index (κ2) is 7.08. The number of carbonyl (C=O) groups excluding carboxylic acids is 1. The molecular formula is C17H9BrN4OS2. The summed E-state index contributed by atoms with van der Waals surface area (Å²) in [5.74, 6) is -0.226. The summed E-state index contributed by atoms with van der Waals surface area (Å²) in [4.78, 5) is 13.5. The molecular weight excluding hydrogens is 420 g/mol. The molecule has 25 heavy (non-hydrogen) atoms. The number of ketones is 1. The summed E-state index contributed by atoms with van der Waals surface area (Å²) in [6, 6.07) is 14.5. The first-order chi connectivity index (χ1) is 12.0. The summed E-state index contributed by atoms with van der Waals surface area (Å²) in [5, 5.41) is 22.1. The van der Waals surface area contributed by atoms with E-state index in [1.54, 1.807) is 36.4 Å². The van der Waals surface area contributed by atoms with E-state index >= 15 is 0 Å². The fraction of sp³-hybridized carbons (Fsp3) is 0. The molecule has 3 rings (SSSR count). The molecule has 0 saturated heterocycles. The molecule has 0 amide bonds. The third-order valence-electron chi connectivity index (χ3n) is 3.36. The molecule has 2 heterocycles. The number of hydrogen-bond donors (Lipinski definition) is 2. The number of rotatable bonds is 4. The Kier molecular flexibility index (Phi) is 4.86. The molecule has 5 nitrogen and oxygen atoms in total. The SMILES string of the molecule is N#Cc1ccccc1Nc1sc(C(=O)c2ccc(Br)s2)c(N)c1C#N. The average molecular weight is 429 g/mol. The largest absolute Gasteiger partial charge is 0.396 e. The summed E-state index contributed by atoms with van der Waals surface area (Å²) < 4.78 is 0.841. The zero-order valence-electron chi connectivity index (χ0n) is 12.5. The summed E-state index contributed by atoms with van der Waals surface area (Å²) >= 11 is 5.74. The molecule has 0 aliphatic rings. The zero-order chi connectivity index (χ0) is 18.0. The number of nitrogens with one attached hydrogen (secondary N) is 1. The van der Waals surface area contributed by atoms with E-state index in [4.69, 9.17) is 5.73 Å². The number of benzene rings is 1. The van der Waals surface area contributed by atoms with E-state index in [0.29, 0.717) is 26.0 Å². The normalized spacial score (nSPS) is 10.0. The third kappa shape index (κ3) is 3.28. The van der Waals surface area contributed by atoms with Gasteiger partial charge in [0.2, 0.25) is 5.78 Å². The van der Waals surface area contributed by atoms with Crippen molar-refractivity contribution in [3.63, 3.8) is 0 Å². The number of anilines is 3. The van der Waals surface area contributed by atoms with Gasteiger partial charge < -0.3 is 11.1 Å². The number of thiophene rings is 2. The van der Waals surface area contributed by atoms with Gasteiger partial charge in [0.25, 0.3) is 0 Å². The Balaban J connectivity index is 2.03. The second-order valence-corrected chi connectivity index (χ2v) is 8.36. The summed E-state index contributed by atoms with van der Waals surface area (Å²) in [5.41, 5.74) is 7.39. The van der Waals surface area contributed by atoms with Crippen LogP contribution in [0.15, 0.2) is 40.2 Å². The van der Waals surface area contributed by atoms with Crippen LogP contribution in [0.3, 0.4) is 0 Å². The third-order valence-corrected chi connectivity index (χ3v) is 6.10. The van der Waals surface area contributed by atoms with Gasteiger partial charge >= 0.3 is 0 Å². The number of hydrogen-bond acceptors (Lipinski definition) is 7. The molecule has 0 aliphatic heterocycles. The Morgan fingerprint density at radius 3 is 2.52 bits per heavy atom. The number of nitriles is 2. The van der Waals surface area contributed by atoms with Crippen molar-refractivity contribution in [3.8, 4) is 12.1 Å². The molecule has 2 aromatic heterocycles. The highest BCUT2D eigenvalue weighted by molar-refractivity contribution is 9.11. The quantitative estimate of drug-likeness (QED) is 0.576. The second-order valence-electron chi connectivity index (χ2n) is 4.88. The number of carbonyl (C=O) groups is 1. The fourth-order valence-electron chi connectivity index (χ4n) is 2.17. The molecule has 0 bridgehead atoms. The van der Waals surface area contributed by atoms with E-state index in [1.807, 2.05) is 6.07 Å². The van der Waals surface area contributed by atoms with E-state index in [-0.39, 0.29) is 17.0 Å². The van der Waals surface area contributed by atoms with Gasteiger partial charge in [-0.3, -0.25) is 4.79 Å². The number of nitrogens with two attached hydrogens (primary N) is 1. The Labute approximate surface area is 160 Å². The lowest BCUT2D eigenvalue weighted by atomic mass is 10.1. The Morgan fingerprint density at radius 2 is 1.88 bits per heavy atom. The summed E-state index contributed by atoms with van der Waals surface area (Å²) in [7, 11) is 0. The molecule has 0 fully saturated rings. The van der Waals surface area contributed by atoms with Crippen molar-refractivity contribution in [1.82, 2.24) is 0 Å². The van der Waals surface area contributed by atoms with E-state index < -0.39 is 0 Å². The maximum atomic E-state index is 12.7. The van der Waals surface area contributed by atoms with Crippen LogP contribution < -0.4 is 11.1 Å². The summed E-state index contributed by atoms with van der Waals surface area (Å²) in [6.07, 6.45) is 0. The number of nitrogen functional groups attached to an aromatic ring is 1. The van der Waals surface area contributed by atoms with Gasteiger partial charge in [0.15, 0.2) is 0 Å². The van der Waals surface area contributed by atoms with Crippen LogP contribution in [0.1, 0.15) is 25.7 Å². The predicted octanol–water partition coefficient (Wildman–Crippen LogP) is 4.87. The maximum absolute atomic E-state index is 12.7. The van der Waals surface area contributed by atoms with Crippen LogP contribution in [-0.2, 0) is 0 Å². The topological polar surface area (TPSA) is 103 Å². The van der Waals surface area contributed by atoms with Crippen molar-refractivity contribution in [3.05, 3.63) is 61.1 Å². The van der Waals surface area contributed by atoms with Gasteiger partial charge in [-0.1, -0.05) is 12.1 Å². The van der Waals surface area contributed by atoms with Gasteiger partial charge in [-0.15, -0.1) is 22.7 Å². The molecule has 3 N–H and O–H groups in total. The van der Waals surface area contributed by atoms with Crippen molar-refractivity contribution in [2.24, 2.45) is 0 Å². The van der Waals surface area contributed by atoms with Crippen molar-refractivity contribution >= 4 is 60.8 Å². The van der Waals surface area contributed by atoms with Gasteiger partial charge in [0.1, 0.15) is 27.6 Å². The minimum atomic E-state index is -0.226. The van der Waals surface area contributed by atoms with Crippen LogP contribution in [0.2, 0.25) is 0 Å². The molecule has 1 aromatic carbocycles. The van der Waals surface area contributed by atoms with E-state index in [9.17, 15) is 15.3 Å². The molecule has 122 valence electrons. The van der Waals surface area contributed by atoms with Crippen LogP contribution in [0.4, 0.5) is 16.4 Å². The molecule has 0 radical (unpaired) electrons. The molecule has 8 heteroatoms. The van der Waals surface area contributed by atoms with Crippen LogP contribution in [-0.4, -0.2) is 5.78 Å². The zero-order valence-corrected chi connectivity index (χ0v) is 15.8. The maximum Gasteiger partial charge on any atom is 0.215 e. The van der Waals surface area contributed by atoms with Gasteiger partial charge in [0.05, 0.1) is 25.6 Å². The van der Waals surface area contributed by atoms with Gasteiger partial charge in [-0.2, -0.15) is 10.5 Å². The van der Waals surface area contributed by atoms with Crippen LogP contribution in [0.25, 0.3) is 0 Å². The van der Waals surface area contributed by atoms with Gasteiger partial charge in [-0.05, 0) is 40.2 Å². The number of para-hydroxylation sites is 1. The minimum absolute atomic E-state index is 0.152. The molecule has 0 atom stereocenters. The van der Waals surface area contributed by atoms with E-state index in [2.05, 4.69) is 27.3 Å². The van der Waals surface area contributed by atoms with E-state index in [0.717, 1.165) is 15.1 Å². The Morgan fingerprint density at radius 1 is 1.12 bits per heavy atom. The standard InChI is InChI=1S/C17H9BrN4OS2/c18-13-6-5-12(24-13)15(23)16-14(21)10(8-20)17(25-16)22-11-4-2-1-3-9(11)7-19/h1-6,22H,21H2. The predicted molar refractivity (Wildman–Crippen MR) is 103 cm³/mol. The first kappa shape index (κ1) is 17.2.